The number of aromatic amines is 1. The van der Waals surface area contributed by atoms with Crippen molar-refractivity contribution < 1.29 is 9.53 Å². The van der Waals surface area contributed by atoms with Crippen LogP contribution in [0.2, 0.25) is 0 Å². The van der Waals surface area contributed by atoms with Gasteiger partial charge in [0.2, 0.25) is 5.91 Å². The van der Waals surface area contributed by atoms with Gasteiger partial charge < -0.3 is 15.0 Å². The van der Waals surface area contributed by atoms with E-state index in [0.29, 0.717) is 6.61 Å². The molecule has 25 heavy (non-hydrogen) atoms. The van der Waals surface area contributed by atoms with Gasteiger partial charge in [-0.2, -0.15) is 0 Å². The fourth-order valence-electron chi connectivity index (χ4n) is 3.25. The van der Waals surface area contributed by atoms with E-state index in [2.05, 4.69) is 16.4 Å². The molecule has 0 fully saturated rings. The fourth-order valence-corrected chi connectivity index (χ4v) is 3.25. The number of hydrogen-bond donors (Lipinski definition) is 2. The van der Waals surface area contributed by atoms with Gasteiger partial charge in [0, 0.05) is 6.42 Å². The van der Waals surface area contributed by atoms with Crippen molar-refractivity contribution in [3.05, 3.63) is 64.1 Å². The Balaban J connectivity index is 1.50. The summed E-state index contributed by atoms with van der Waals surface area (Å²) in [6.45, 7) is 2.64. The van der Waals surface area contributed by atoms with Gasteiger partial charge in [0.25, 0.3) is 0 Å². The molecule has 1 amide bonds. The van der Waals surface area contributed by atoms with Crippen molar-refractivity contribution in [3.63, 3.8) is 0 Å². The highest BCUT2D eigenvalue weighted by molar-refractivity contribution is 5.80. The summed E-state index contributed by atoms with van der Waals surface area (Å²) in [5, 5.41) is 2.96. The number of nitrogens with one attached hydrogen (secondary N) is 2. The van der Waals surface area contributed by atoms with Crippen molar-refractivity contribution in [3.8, 4) is 5.75 Å². The molecule has 0 saturated heterocycles. The molecule has 4 rings (SSSR count). The van der Waals surface area contributed by atoms with Crippen molar-refractivity contribution in [2.75, 3.05) is 6.61 Å². The third kappa shape index (κ3) is 2.91. The molecule has 0 aliphatic carbocycles. The first-order valence-corrected chi connectivity index (χ1v) is 8.34. The lowest BCUT2D eigenvalue weighted by atomic mass is 10.0. The molecule has 0 saturated carbocycles. The highest BCUT2D eigenvalue weighted by Crippen LogP contribution is 2.28. The maximum Gasteiger partial charge on any atom is 0.326 e. The summed E-state index contributed by atoms with van der Waals surface area (Å²) in [4.78, 5) is 27.2. The van der Waals surface area contributed by atoms with E-state index in [-0.39, 0.29) is 24.2 Å². The molecule has 6 heteroatoms. The number of benzene rings is 2. The molecule has 128 valence electrons. The van der Waals surface area contributed by atoms with Crippen LogP contribution >= 0.6 is 0 Å². The summed E-state index contributed by atoms with van der Waals surface area (Å²) in [7, 11) is 0. The molecule has 1 atom stereocenters. The Morgan fingerprint density at radius 3 is 3.04 bits per heavy atom. The highest BCUT2D eigenvalue weighted by atomic mass is 16.5. The Bertz CT molecular complexity index is 1000. The molecule has 3 aromatic rings. The third-order valence-corrected chi connectivity index (χ3v) is 4.57. The minimum atomic E-state index is -0.279. The maximum absolute atomic E-state index is 12.4. The van der Waals surface area contributed by atoms with E-state index in [9.17, 15) is 9.59 Å². The first kappa shape index (κ1) is 15.5. The van der Waals surface area contributed by atoms with Crippen LogP contribution in [0, 0.1) is 0 Å². The molecular weight excluding hydrogens is 318 g/mol. The van der Waals surface area contributed by atoms with Crippen LogP contribution in [0.4, 0.5) is 0 Å². The zero-order valence-corrected chi connectivity index (χ0v) is 13.9. The SMILES string of the molecule is C[C@@H](NC(=O)Cn1c(=O)[nH]c2ccccc21)c1ccc2c(c1)CCO2. The number of imidazole rings is 1. The van der Waals surface area contributed by atoms with Crippen LogP contribution in [0.25, 0.3) is 11.0 Å². The van der Waals surface area contributed by atoms with Gasteiger partial charge in [-0.3, -0.25) is 9.36 Å². The monoisotopic (exact) mass is 337 g/mol. The average Bonchev–Trinajstić information content (AvgIpc) is 3.19. The number of carbonyl (C=O) groups is 1. The van der Waals surface area contributed by atoms with E-state index in [1.165, 1.54) is 10.1 Å². The van der Waals surface area contributed by atoms with Crippen LogP contribution < -0.4 is 15.7 Å². The number of rotatable bonds is 4. The van der Waals surface area contributed by atoms with Gasteiger partial charge in [-0.05, 0) is 42.3 Å². The summed E-state index contributed by atoms with van der Waals surface area (Å²) in [5.74, 6) is 0.726. The molecule has 2 heterocycles. The highest BCUT2D eigenvalue weighted by Gasteiger charge is 2.17. The Morgan fingerprint density at radius 1 is 1.32 bits per heavy atom. The Morgan fingerprint density at radius 2 is 2.16 bits per heavy atom. The summed E-state index contributed by atoms with van der Waals surface area (Å²) in [6, 6.07) is 13.2. The molecule has 2 N–H and O–H groups in total. The lowest BCUT2D eigenvalue weighted by Crippen LogP contribution is -2.33. The summed E-state index contributed by atoms with van der Waals surface area (Å²) >= 11 is 0. The fraction of sp³-hybridized carbons (Fsp3) is 0.263. The summed E-state index contributed by atoms with van der Waals surface area (Å²) in [6.07, 6.45) is 0.897. The van der Waals surface area contributed by atoms with E-state index in [1.807, 2.05) is 43.3 Å². The Kier molecular flexibility index (Phi) is 3.80. The molecule has 1 aliphatic heterocycles. The van der Waals surface area contributed by atoms with Crippen LogP contribution in [0.1, 0.15) is 24.1 Å². The first-order chi connectivity index (χ1) is 12.1. The zero-order valence-electron chi connectivity index (χ0n) is 13.9. The van der Waals surface area contributed by atoms with Gasteiger partial charge in [-0.1, -0.05) is 18.2 Å². The van der Waals surface area contributed by atoms with Crippen molar-refractivity contribution in [1.29, 1.82) is 0 Å². The van der Waals surface area contributed by atoms with E-state index in [0.717, 1.165) is 28.8 Å². The van der Waals surface area contributed by atoms with Crippen LogP contribution in [-0.2, 0) is 17.8 Å². The second kappa shape index (κ2) is 6.12. The van der Waals surface area contributed by atoms with E-state index >= 15 is 0 Å². The maximum atomic E-state index is 12.4. The van der Waals surface area contributed by atoms with Gasteiger partial charge in [0.1, 0.15) is 12.3 Å². The Labute approximate surface area is 144 Å². The number of hydrogen-bond acceptors (Lipinski definition) is 3. The first-order valence-electron chi connectivity index (χ1n) is 8.34. The summed E-state index contributed by atoms with van der Waals surface area (Å²) < 4.78 is 6.96. The molecule has 6 nitrogen and oxygen atoms in total. The lowest BCUT2D eigenvalue weighted by molar-refractivity contribution is -0.122. The quantitative estimate of drug-likeness (QED) is 0.766. The van der Waals surface area contributed by atoms with Crippen molar-refractivity contribution in [2.24, 2.45) is 0 Å². The number of para-hydroxylation sites is 2. The molecule has 1 aromatic heterocycles. The molecule has 0 spiro atoms. The van der Waals surface area contributed by atoms with Crippen LogP contribution in [0.3, 0.4) is 0 Å². The minimum Gasteiger partial charge on any atom is -0.493 e. The van der Waals surface area contributed by atoms with Crippen molar-refractivity contribution >= 4 is 16.9 Å². The standard InChI is InChI=1S/C19H19N3O3/c1-12(13-6-7-17-14(10-13)8-9-25-17)20-18(23)11-22-16-5-3-2-4-15(16)21-19(22)24/h2-7,10,12H,8-9,11H2,1H3,(H,20,23)(H,21,24)/t12-/m1/s1. The number of aromatic nitrogens is 2. The number of H-pyrrole nitrogens is 1. The topological polar surface area (TPSA) is 76.1 Å². The molecule has 1 aliphatic rings. The van der Waals surface area contributed by atoms with Crippen molar-refractivity contribution in [1.82, 2.24) is 14.9 Å². The number of amides is 1. The molecule has 2 aromatic carbocycles. The van der Waals surface area contributed by atoms with Crippen LogP contribution in [0.15, 0.2) is 47.3 Å². The van der Waals surface area contributed by atoms with Gasteiger partial charge >= 0.3 is 5.69 Å². The zero-order chi connectivity index (χ0) is 17.4. The van der Waals surface area contributed by atoms with Gasteiger partial charge in [-0.25, -0.2) is 4.79 Å². The predicted octanol–water partition coefficient (Wildman–Crippen LogP) is 2.14. The largest absolute Gasteiger partial charge is 0.493 e. The average molecular weight is 337 g/mol. The van der Waals surface area contributed by atoms with Gasteiger partial charge in [0.15, 0.2) is 0 Å². The van der Waals surface area contributed by atoms with Crippen molar-refractivity contribution in [2.45, 2.75) is 25.9 Å². The molecular formula is C19H19N3O3. The second-order valence-electron chi connectivity index (χ2n) is 6.29. The number of ether oxygens (including phenoxy) is 1. The smallest absolute Gasteiger partial charge is 0.326 e. The molecule has 0 radical (unpaired) electrons. The number of carbonyl (C=O) groups excluding carboxylic acids is 1. The van der Waals surface area contributed by atoms with E-state index < -0.39 is 0 Å². The third-order valence-electron chi connectivity index (χ3n) is 4.57. The van der Waals surface area contributed by atoms with Crippen LogP contribution in [0.5, 0.6) is 5.75 Å². The second-order valence-corrected chi connectivity index (χ2v) is 6.29. The predicted molar refractivity (Wildman–Crippen MR) is 94.8 cm³/mol. The number of nitrogens with zero attached hydrogens (tertiary/aromatic N) is 1. The lowest BCUT2D eigenvalue weighted by Gasteiger charge is -2.15. The molecule has 0 bridgehead atoms. The normalized spacial score (nSPS) is 14.1. The van der Waals surface area contributed by atoms with E-state index in [4.69, 9.17) is 4.74 Å². The summed E-state index contributed by atoms with van der Waals surface area (Å²) in [5.41, 5.74) is 3.38. The Hall–Kier alpha value is -3.02. The molecule has 0 unspecified atom stereocenters. The van der Waals surface area contributed by atoms with E-state index in [1.54, 1.807) is 0 Å². The minimum absolute atomic E-state index is 0.0127. The number of fused-ring (bicyclic) bond motifs is 2. The van der Waals surface area contributed by atoms with Gasteiger partial charge in [0.05, 0.1) is 23.7 Å². The van der Waals surface area contributed by atoms with Gasteiger partial charge in [-0.15, -0.1) is 0 Å². The van der Waals surface area contributed by atoms with Crippen LogP contribution in [-0.4, -0.2) is 22.1 Å².